The van der Waals surface area contributed by atoms with E-state index in [1.807, 2.05) is 13.8 Å². The average molecular weight is 344 g/mol. The van der Waals surface area contributed by atoms with Crippen LogP contribution in [-0.4, -0.2) is 31.5 Å². The van der Waals surface area contributed by atoms with Crippen molar-refractivity contribution in [3.05, 3.63) is 35.4 Å². The summed E-state index contributed by atoms with van der Waals surface area (Å²) in [5.41, 5.74) is -0.260. The largest absolute Gasteiger partial charge is 0.416 e. The van der Waals surface area contributed by atoms with Gasteiger partial charge in [-0.25, -0.2) is 4.99 Å². The molecule has 0 aliphatic carbocycles. The normalized spacial score (nSPS) is 12.0. The highest BCUT2D eigenvalue weighted by atomic mass is 19.4. The maximum absolute atomic E-state index is 12.7. The standard InChI is InChI=1S/C16H23F3N4O/c1-3-8-21-14(24)11-23-15(20-4-2)22-10-12-6-5-7-13(9-12)16(17,18)19/h5-7,9H,3-4,8,10-11H2,1-2H3,(H,21,24)(H2,20,22,23). The zero-order valence-corrected chi connectivity index (χ0v) is 13.8. The van der Waals surface area contributed by atoms with E-state index in [0.717, 1.165) is 18.6 Å². The van der Waals surface area contributed by atoms with Gasteiger partial charge >= 0.3 is 6.18 Å². The summed E-state index contributed by atoms with van der Waals surface area (Å²) >= 11 is 0. The molecule has 1 rings (SSSR count). The molecule has 0 bridgehead atoms. The van der Waals surface area contributed by atoms with Crippen molar-refractivity contribution in [2.45, 2.75) is 33.0 Å². The quantitative estimate of drug-likeness (QED) is 0.525. The van der Waals surface area contributed by atoms with Crippen LogP contribution in [0.5, 0.6) is 0 Å². The molecule has 0 fully saturated rings. The number of nitrogens with zero attached hydrogens (tertiary/aromatic N) is 1. The van der Waals surface area contributed by atoms with Gasteiger partial charge in [0, 0.05) is 13.1 Å². The molecule has 0 aliphatic heterocycles. The molecule has 0 unspecified atom stereocenters. The molecule has 0 aliphatic rings. The van der Waals surface area contributed by atoms with Crippen molar-refractivity contribution < 1.29 is 18.0 Å². The third-order valence-corrected chi connectivity index (χ3v) is 3.01. The van der Waals surface area contributed by atoms with Gasteiger partial charge in [0.15, 0.2) is 5.96 Å². The molecule has 0 atom stereocenters. The summed E-state index contributed by atoms with van der Waals surface area (Å²) in [5.74, 6) is 0.211. The van der Waals surface area contributed by atoms with Crippen LogP contribution in [0.4, 0.5) is 13.2 Å². The van der Waals surface area contributed by atoms with Crippen LogP contribution in [0.1, 0.15) is 31.4 Å². The van der Waals surface area contributed by atoms with Gasteiger partial charge in [-0.2, -0.15) is 13.2 Å². The van der Waals surface area contributed by atoms with Gasteiger partial charge in [-0.1, -0.05) is 19.1 Å². The van der Waals surface area contributed by atoms with Gasteiger partial charge in [0.2, 0.25) is 5.91 Å². The fourth-order valence-electron chi connectivity index (χ4n) is 1.85. The van der Waals surface area contributed by atoms with Crippen molar-refractivity contribution in [1.82, 2.24) is 16.0 Å². The van der Waals surface area contributed by atoms with Crippen molar-refractivity contribution in [2.75, 3.05) is 19.6 Å². The number of carbonyl (C=O) groups is 1. The molecule has 134 valence electrons. The highest BCUT2D eigenvalue weighted by molar-refractivity contribution is 5.86. The van der Waals surface area contributed by atoms with Crippen LogP contribution in [-0.2, 0) is 17.5 Å². The zero-order valence-electron chi connectivity index (χ0n) is 13.8. The Balaban J connectivity index is 2.67. The van der Waals surface area contributed by atoms with Crippen LogP contribution < -0.4 is 16.0 Å². The number of carbonyl (C=O) groups excluding carboxylic acids is 1. The lowest BCUT2D eigenvalue weighted by Gasteiger charge is -2.12. The smallest absolute Gasteiger partial charge is 0.357 e. The number of amides is 1. The Kier molecular flexibility index (Phi) is 8.08. The number of benzene rings is 1. The maximum atomic E-state index is 12.7. The fraction of sp³-hybridized carbons (Fsp3) is 0.500. The number of guanidine groups is 1. The van der Waals surface area contributed by atoms with Gasteiger partial charge < -0.3 is 16.0 Å². The molecular weight excluding hydrogens is 321 g/mol. The molecule has 1 aromatic carbocycles. The molecule has 24 heavy (non-hydrogen) atoms. The highest BCUT2D eigenvalue weighted by Gasteiger charge is 2.30. The molecule has 1 amide bonds. The van der Waals surface area contributed by atoms with Crippen molar-refractivity contribution >= 4 is 11.9 Å². The van der Waals surface area contributed by atoms with E-state index in [1.54, 1.807) is 6.07 Å². The maximum Gasteiger partial charge on any atom is 0.416 e. The second-order valence-corrected chi connectivity index (χ2v) is 5.10. The van der Waals surface area contributed by atoms with Gasteiger partial charge in [-0.3, -0.25) is 4.79 Å². The first-order valence-electron chi connectivity index (χ1n) is 7.81. The predicted molar refractivity (Wildman–Crippen MR) is 87.6 cm³/mol. The lowest BCUT2D eigenvalue weighted by Crippen LogP contribution is -2.43. The number of rotatable bonds is 7. The molecule has 0 saturated heterocycles. The Labute approximate surface area is 139 Å². The van der Waals surface area contributed by atoms with Crippen LogP contribution in [0.2, 0.25) is 0 Å². The lowest BCUT2D eigenvalue weighted by molar-refractivity contribution is -0.137. The number of halogens is 3. The molecule has 8 heteroatoms. The fourth-order valence-corrected chi connectivity index (χ4v) is 1.85. The van der Waals surface area contributed by atoms with Gasteiger partial charge in [-0.15, -0.1) is 0 Å². The first kappa shape index (κ1) is 19.8. The van der Waals surface area contributed by atoms with E-state index in [2.05, 4.69) is 20.9 Å². The van der Waals surface area contributed by atoms with Crippen molar-refractivity contribution in [1.29, 1.82) is 0 Å². The number of hydrogen-bond acceptors (Lipinski definition) is 2. The Bertz CT molecular complexity index is 558. The van der Waals surface area contributed by atoms with Crippen molar-refractivity contribution in [3.8, 4) is 0 Å². The van der Waals surface area contributed by atoms with Gasteiger partial charge in [0.1, 0.15) is 0 Å². The minimum absolute atomic E-state index is 0.0500. The molecule has 0 aromatic heterocycles. The van der Waals surface area contributed by atoms with Gasteiger partial charge in [-0.05, 0) is 31.0 Å². The SMILES string of the molecule is CCCNC(=O)CNC(=NCc1cccc(C(F)(F)F)c1)NCC. The summed E-state index contributed by atoms with van der Waals surface area (Å²) in [6.07, 6.45) is -3.53. The topological polar surface area (TPSA) is 65.5 Å². The summed E-state index contributed by atoms with van der Waals surface area (Å²) in [7, 11) is 0. The monoisotopic (exact) mass is 344 g/mol. The van der Waals surface area contributed by atoms with Gasteiger partial charge in [0.25, 0.3) is 0 Å². The predicted octanol–water partition coefficient (Wildman–Crippen LogP) is 2.29. The number of aliphatic imine (C=N–C) groups is 1. The average Bonchev–Trinajstić information content (AvgIpc) is 2.55. The third-order valence-electron chi connectivity index (χ3n) is 3.01. The van der Waals surface area contributed by atoms with Crippen LogP contribution in [0.25, 0.3) is 0 Å². The first-order chi connectivity index (χ1) is 11.4. The summed E-state index contributed by atoms with van der Waals surface area (Å²) in [5, 5.41) is 8.51. The molecule has 0 heterocycles. The molecule has 1 aromatic rings. The van der Waals surface area contributed by atoms with Crippen LogP contribution in [0, 0.1) is 0 Å². The third kappa shape index (κ3) is 7.34. The van der Waals surface area contributed by atoms with Crippen LogP contribution in [0.15, 0.2) is 29.3 Å². The number of hydrogen-bond donors (Lipinski definition) is 3. The number of nitrogens with one attached hydrogen (secondary N) is 3. The summed E-state index contributed by atoms with van der Waals surface area (Å²) in [6.45, 7) is 5.11. The second-order valence-electron chi connectivity index (χ2n) is 5.10. The lowest BCUT2D eigenvalue weighted by atomic mass is 10.1. The summed E-state index contributed by atoms with van der Waals surface area (Å²) < 4.78 is 38.1. The molecule has 5 nitrogen and oxygen atoms in total. The second kappa shape index (κ2) is 9.79. The Morgan fingerprint density at radius 1 is 1.17 bits per heavy atom. The molecule has 0 spiro atoms. The number of alkyl halides is 3. The van der Waals surface area contributed by atoms with E-state index in [9.17, 15) is 18.0 Å². The Morgan fingerprint density at radius 3 is 2.54 bits per heavy atom. The van der Waals surface area contributed by atoms with E-state index in [0.29, 0.717) is 24.6 Å². The molecule has 3 N–H and O–H groups in total. The van der Waals surface area contributed by atoms with Crippen LogP contribution >= 0.6 is 0 Å². The van der Waals surface area contributed by atoms with E-state index < -0.39 is 11.7 Å². The minimum Gasteiger partial charge on any atom is -0.357 e. The minimum atomic E-state index is -4.38. The highest BCUT2D eigenvalue weighted by Crippen LogP contribution is 2.29. The van der Waals surface area contributed by atoms with E-state index >= 15 is 0 Å². The Morgan fingerprint density at radius 2 is 1.92 bits per heavy atom. The molecular formula is C16H23F3N4O. The van der Waals surface area contributed by atoms with E-state index in [-0.39, 0.29) is 19.0 Å². The molecule has 0 radical (unpaired) electrons. The zero-order chi connectivity index (χ0) is 18.0. The van der Waals surface area contributed by atoms with Crippen LogP contribution in [0.3, 0.4) is 0 Å². The summed E-state index contributed by atoms with van der Waals surface area (Å²) in [6, 6.07) is 5.03. The van der Waals surface area contributed by atoms with Crippen molar-refractivity contribution in [3.63, 3.8) is 0 Å². The van der Waals surface area contributed by atoms with E-state index in [1.165, 1.54) is 6.07 Å². The van der Waals surface area contributed by atoms with Gasteiger partial charge in [0.05, 0.1) is 18.7 Å². The molecule has 0 saturated carbocycles. The van der Waals surface area contributed by atoms with E-state index in [4.69, 9.17) is 0 Å². The van der Waals surface area contributed by atoms with Crippen molar-refractivity contribution in [2.24, 2.45) is 4.99 Å². The Hall–Kier alpha value is -2.25. The summed E-state index contributed by atoms with van der Waals surface area (Å²) in [4.78, 5) is 15.8. The first-order valence-corrected chi connectivity index (χ1v) is 7.81.